The summed E-state index contributed by atoms with van der Waals surface area (Å²) in [5.41, 5.74) is 1.44. The molecule has 0 saturated carbocycles. The van der Waals surface area contributed by atoms with Crippen molar-refractivity contribution in [3.8, 4) is 0 Å². The predicted octanol–water partition coefficient (Wildman–Crippen LogP) is 4.19. The van der Waals surface area contributed by atoms with Crippen molar-refractivity contribution < 1.29 is 4.74 Å². The van der Waals surface area contributed by atoms with Crippen LogP contribution in [0.5, 0.6) is 0 Å². The van der Waals surface area contributed by atoms with Gasteiger partial charge in [-0.2, -0.15) is 0 Å². The van der Waals surface area contributed by atoms with E-state index in [4.69, 9.17) is 16.3 Å². The van der Waals surface area contributed by atoms with E-state index < -0.39 is 0 Å². The molecule has 3 atom stereocenters. The maximum Gasteiger partial charge on any atom is 0.0980 e. The van der Waals surface area contributed by atoms with Gasteiger partial charge in [0.2, 0.25) is 0 Å². The molecule has 3 unspecified atom stereocenters. The lowest BCUT2D eigenvalue weighted by atomic mass is 9.88. The predicted molar refractivity (Wildman–Crippen MR) is 80.6 cm³/mol. The summed E-state index contributed by atoms with van der Waals surface area (Å²) < 4.78 is 6.29. The number of nitrogens with one attached hydrogen (secondary N) is 1. The molecule has 106 valence electrons. The number of morpholine rings is 1. The molecule has 1 aromatic rings. The van der Waals surface area contributed by atoms with Gasteiger partial charge in [0.1, 0.15) is 0 Å². The van der Waals surface area contributed by atoms with Gasteiger partial charge in [0.05, 0.1) is 12.2 Å². The Bertz CT molecular complexity index is 427. The molecule has 1 N–H and O–H groups in total. The number of ether oxygens (including phenoxy) is 1. The van der Waals surface area contributed by atoms with Crippen molar-refractivity contribution in [3.63, 3.8) is 0 Å². The van der Waals surface area contributed by atoms with Crippen LogP contribution in [0.3, 0.4) is 0 Å². The zero-order valence-electron chi connectivity index (χ0n) is 12.2. The third-order valence-electron chi connectivity index (χ3n) is 3.48. The Morgan fingerprint density at radius 1 is 1.37 bits per heavy atom. The van der Waals surface area contributed by atoms with Crippen molar-refractivity contribution in [3.05, 3.63) is 34.9 Å². The number of hydrogen-bond donors (Lipinski definition) is 1. The SMILES string of the molecule is CC1NCC(CC(C)(C)C)OC1c1cccc(Cl)c1. The molecule has 0 amide bonds. The van der Waals surface area contributed by atoms with Crippen LogP contribution in [0.25, 0.3) is 0 Å². The van der Waals surface area contributed by atoms with E-state index >= 15 is 0 Å². The molecule has 0 aromatic heterocycles. The summed E-state index contributed by atoms with van der Waals surface area (Å²) in [7, 11) is 0. The number of rotatable bonds is 2. The van der Waals surface area contributed by atoms with E-state index in [1.54, 1.807) is 0 Å². The van der Waals surface area contributed by atoms with E-state index in [-0.39, 0.29) is 17.6 Å². The Balaban J connectivity index is 2.10. The highest BCUT2D eigenvalue weighted by molar-refractivity contribution is 6.30. The second-order valence-corrected chi connectivity index (χ2v) is 7.13. The maximum atomic E-state index is 6.29. The van der Waals surface area contributed by atoms with Gasteiger partial charge >= 0.3 is 0 Å². The fourth-order valence-electron chi connectivity index (χ4n) is 2.65. The molecule has 1 aromatic carbocycles. The van der Waals surface area contributed by atoms with E-state index in [2.05, 4.69) is 39.1 Å². The average molecular weight is 282 g/mol. The van der Waals surface area contributed by atoms with Crippen LogP contribution in [0.15, 0.2) is 24.3 Å². The molecule has 1 aliphatic rings. The van der Waals surface area contributed by atoms with Gasteiger partial charge < -0.3 is 10.1 Å². The Kier molecular flexibility index (Phi) is 4.54. The van der Waals surface area contributed by atoms with E-state index in [0.29, 0.717) is 6.04 Å². The van der Waals surface area contributed by atoms with Gasteiger partial charge in [-0.25, -0.2) is 0 Å². The van der Waals surface area contributed by atoms with Crippen molar-refractivity contribution in [1.82, 2.24) is 5.32 Å². The summed E-state index contributed by atoms with van der Waals surface area (Å²) in [6, 6.07) is 8.30. The van der Waals surface area contributed by atoms with Gasteiger partial charge in [-0.3, -0.25) is 0 Å². The summed E-state index contributed by atoms with van der Waals surface area (Å²) in [6.45, 7) is 9.85. The van der Waals surface area contributed by atoms with Crippen LogP contribution in [0.1, 0.15) is 45.8 Å². The molecule has 0 radical (unpaired) electrons. The fourth-order valence-corrected chi connectivity index (χ4v) is 2.85. The second kappa shape index (κ2) is 5.82. The Hall–Kier alpha value is -0.570. The zero-order valence-corrected chi connectivity index (χ0v) is 13.0. The topological polar surface area (TPSA) is 21.3 Å². The van der Waals surface area contributed by atoms with Crippen LogP contribution in [0.2, 0.25) is 5.02 Å². The molecule has 1 aliphatic heterocycles. The van der Waals surface area contributed by atoms with Gasteiger partial charge in [-0.1, -0.05) is 44.5 Å². The van der Waals surface area contributed by atoms with Crippen molar-refractivity contribution in [1.29, 1.82) is 0 Å². The minimum Gasteiger partial charge on any atom is -0.367 e. The van der Waals surface area contributed by atoms with Crippen molar-refractivity contribution >= 4 is 11.6 Å². The summed E-state index contributed by atoms with van der Waals surface area (Å²) in [4.78, 5) is 0. The number of halogens is 1. The highest BCUT2D eigenvalue weighted by Gasteiger charge is 2.31. The molecule has 2 rings (SSSR count). The van der Waals surface area contributed by atoms with Crippen molar-refractivity contribution in [2.75, 3.05) is 6.54 Å². The molecule has 1 saturated heterocycles. The molecular formula is C16H24ClNO. The molecule has 2 nitrogen and oxygen atoms in total. The first-order valence-electron chi connectivity index (χ1n) is 6.99. The molecule has 19 heavy (non-hydrogen) atoms. The van der Waals surface area contributed by atoms with Crippen LogP contribution in [0, 0.1) is 5.41 Å². The lowest BCUT2D eigenvalue weighted by molar-refractivity contribution is -0.0755. The van der Waals surface area contributed by atoms with Crippen LogP contribution >= 0.6 is 11.6 Å². The van der Waals surface area contributed by atoms with E-state index in [1.165, 1.54) is 0 Å². The van der Waals surface area contributed by atoms with Gasteiger partial charge in [-0.05, 0) is 36.5 Å². The molecule has 0 spiro atoms. The monoisotopic (exact) mass is 281 g/mol. The lowest BCUT2D eigenvalue weighted by Crippen LogP contribution is -2.47. The van der Waals surface area contributed by atoms with Crippen LogP contribution in [-0.2, 0) is 4.74 Å². The second-order valence-electron chi connectivity index (χ2n) is 6.70. The summed E-state index contributed by atoms with van der Waals surface area (Å²) in [5, 5.41) is 4.32. The highest BCUT2D eigenvalue weighted by Crippen LogP contribution is 2.32. The molecule has 3 heteroatoms. The third-order valence-corrected chi connectivity index (χ3v) is 3.71. The highest BCUT2D eigenvalue weighted by atomic mass is 35.5. The van der Waals surface area contributed by atoms with Crippen molar-refractivity contribution in [2.24, 2.45) is 5.41 Å². The third kappa shape index (κ3) is 4.20. The molecule has 0 aliphatic carbocycles. The quantitative estimate of drug-likeness (QED) is 0.877. The lowest BCUT2D eigenvalue weighted by Gasteiger charge is -2.38. The normalized spacial score (nSPS) is 28.4. The first-order valence-corrected chi connectivity index (χ1v) is 7.37. The van der Waals surface area contributed by atoms with Crippen LogP contribution < -0.4 is 5.32 Å². The Morgan fingerprint density at radius 3 is 2.74 bits per heavy atom. The molecule has 0 bridgehead atoms. The fraction of sp³-hybridized carbons (Fsp3) is 0.625. The largest absolute Gasteiger partial charge is 0.367 e. The zero-order chi connectivity index (χ0) is 14.0. The van der Waals surface area contributed by atoms with E-state index in [0.717, 1.165) is 23.6 Å². The first kappa shape index (κ1) is 14.8. The van der Waals surface area contributed by atoms with Gasteiger partial charge in [-0.15, -0.1) is 0 Å². The van der Waals surface area contributed by atoms with Gasteiger partial charge in [0, 0.05) is 17.6 Å². The first-order chi connectivity index (χ1) is 8.85. The minimum absolute atomic E-state index is 0.0831. The number of hydrogen-bond acceptors (Lipinski definition) is 2. The Labute approximate surface area is 121 Å². The minimum atomic E-state index is 0.0831. The number of benzene rings is 1. The summed E-state index contributed by atoms with van der Waals surface area (Å²) >= 11 is 6.08. The molecular weight excluding hydrogens is 258 g/mol. The van der Waals surface area contributed by atoms with Gasteiger partial charge in [0.25, 0.3) is 0 Å². The van der Waals surface area contributed by atoms with Gasteiger partial charge in [0.15, 0.2) is 0 Å². The van der Waals surface area contributed by atoms with E-state index in [9.17, 15) is 0 Å². The maximum absolute atomic E-state index is 6.29. The summed E-state index contributed by atoms with van der Waals surface area (Å²) in [5.74, 6) is 0. The van der Waals surface area contributed by atoms with Crippen LogP contribution in [-0.4, -0.2) is 18.7 Å². The van der Waals surface area contributed by atoms with E-state index in [1.807, 2.05) is 18.2 Å². The summed E-state index contributed by atoms with van der Waals surface area (Å²) in [6.07, 6.45) is 1.41. The van der Waals surface area contributed by atoms with Crippen molar-refractivity contribution in [2.45, 2.75) is 52.4 Å². The standard InChI is InChI=1S/C16H24ClNO/c1-11-15(12-6-5-7-13(17)8-12)19-14(10-18-11)9-16(2,3)4/h5-8,11,14-15,18H,9-10H2,1-4H3. The smallest absolute Gasteiger partial charge is 0.0980 e. The Morgan fingerprint density at radius 2 is 2.11 bits per heavy atom. The molecule has 1 fully saturated rings. The molecule has 1 heterocycles. The average Bonchev–Trinajstić information content (AvgIpc) is 2.30. The van der Waals surface area contributed by atoms with Crippen LogP contribution in [0.4, 0.5) is 0 Å².